The summed E-state index contributed by atoms with van der Waals surface area (Å²) in [5.74, 6) is 1.88. The summed E-state index contributed by atoms with van der Waals surface area (Å²) >= 11 is 0. The zero-order chi connectivity index (χ0) is 14.1. The van der Waals surface area contributed by atoms with Gasteiger partial charge in [0.25, 0.3) is 11.5 Å². The quantitative estimate of drug-likeness (QED) is 0.767. The Morgan fingerprint density at radius 3 is 3.10 bits per heavy atom. The summed E-state index contributed by atoms with van der Waals surface area (Å²) in [7, 11) is 0. The van der Waals surface area contributed by atoms with Crippen molar-refractivity contribution in [3.63, 3.8) is 0 Å². The van der Waals surface area contributed by atoms with E-state index in [1.54, 1.807) is 0 Å². The van der Waals surface area contributed by atoms with Crippen molar-refractivity contribution in [3.05, 3.63) is 40.1 Å². The number of aromatic amines is 1. The van der Waals surface area contributed by atoms with Gasteiger partial charge in [-0.1, -0.05) is 0 Å². The van der Waals surface area contributed by atoms with Gasteiger partial charge < -0.3 is 14.9 Å². The van der Waals surface area contributed by atoms with Gasteiger partial charge in [-0.15, -0.1) is 10.2 Å². The predicted octanol–water partition coefficient (Wildman–Crippen LogP) is -0.728. The number of H-pyrrole nitrogens is 1. The van der Waals surface area contributed by atoms with Crippen LogP contribution in [0.1, 0.15) is 22.1 Å². The van der Waals surface area contributed by atoms with Crippen LogP contribution in [0.3, 0.4) is 0 Å². The molecule has 104 valence electrons. The molecule has 1 aliphatic rings. The summed E-state index contributed by atoms with van der Waals surface area (Å²) in [5.41, 5.74) is -0.121. The van der Waals surface area contributed by atoms with Gasteiger partial charge in [0.15, 0.2) is 0 Å². The minimum atomic E-state index is -0.328. The monoisotopic (exact) mass is 274 g/mol. The fourth-order valence-corrected chi connectivity index (χ4v) is 2.32. The molecule has 2 aromatic heterocycles. The second-order valence-corrected chi connectivity index (χ2v) is 4.85. The van der Waals surface area contributed by atoms with Crippen LogP contribution in [0, 0.1) is 12.8 Å². The lowest BCUT2D eigenvalue weighted by Crippen LogP contribution is -2.31. The zero-order valence-electron chi connectivity index (χ0n) is 11.0. The molecular weight excluding hydrogens is 260 g/mol. The minimum Gasteiger partial charge on any atom is -0.350 e. The number of carbonyl (C=O) groups excluding carboxylic acids is 1. The Kier molecular flexibility index (Phi) is 3.05. The Morgan fingerprint density at radius 2 is 2.40 bits per heavy atom. The van der Waals surface area contributed by atoms with Crippen molar-refractivity contribution < 1.29 is 4.79 Å². The van der Waals surface area contributed by atoms with Gasteiger partial charge >= 0.3 is 0 Å². The standard InChI is InChI=1S/C12H14N6O2/c1-7-16-17-10-2-8(6-18(7)10)3-15-12(20)9-4-14-11(19)5-13-9/h4-5,8H,2-3,6H2,1H3,(H,14,19)(H,15,20). The number of hydrogen-bond donors (Lipinski definition) is 2. The number of hydrogen-bond acceptors (Lipinski definition) is 5. The van der Waals surface area contributed by atoms with Gasteiger partial charge in [-0.25, -0.2) is 4.98 Å². The number of aromatic nitrogens is 5. The van der Waals surface area contributed by atoms with Gasteiger partial charge in [0.2, 0.25) is 0 Å². The van der Waals surface area contributed by atoms with Crippen molar-refractivity contribution in [1.82, 2.24) is 30.0 Å². The van der Waals surface area contributed by atoms with Crippen molar-refractivity contribution in [2.75, 3.05) is 6.54 Å². The van der Waals surface area contributed by atoms with Gasteiger partial charge in [0, 0.05) is 31.6 Å². The first-order valence-corrected chi connectivity index (χ1v) is 6.35. The second kappa shape index (κ2) is 4.87. The molecule has 20 heavy (non-hydrogen) atoms. The second-order valence-electron chi connectivity index (χ2n) is 4.85. The van der Waals surface area contributed by atoms with Crippen molar-refractivity contribution in [2.45, 2.75) is 19.9 Å². The molecule has 0 aliphatic carbocycles. The smallest absolute Gasteiger partial charge is 0.271 e. The number of nitrogens with zero attached hydrogens (tertiary/aromatic N) is 4. The number of nitrogens with one attached hydrogen (secondary N) is 2. The third-order valence-corrected chi connectivity index (χ3v) is 3.38. The zero-order valence-corrected chi connectivity index (χ0v) is 11.0. The first kappa shape index (κ1) is 12.5. The van der Waals surface area contributed by atoms with Crippen LogP contribution in [0.25, 0.3) is 0 Å². The maximum Gasteiger partial charge on any atom is 0.271 e. The van der Waals surface area contributed by atoms with Crippen LogP contribution < -0.4 is 10.9 Å². The molecule has 0 spiro atoms. The van der Waals surface area contributed by atoms with Crippen LogP contribution >= 0.6 is 0 Å². The highest BCUT2D eigenvalue weighted by Crippen LogP contribution is 2.19. The first-order valence-electron chi connectivity index (χ1n) is 6.35. The van der Waals surface area contributed by atoms with E-state index >= 15 is 0 Å². The predicted molar refractivity (Wildman–Crippen MR) is 69.1 cm³/mol. The molecule has 0 saturated carbocycles. The lowest BCUT2D eigenvalue weighted by Gasteiger charge is -2.10. The highest BCUT2D eigenvalue weighted by Gasteiger charge is 2.25. The van der Waals surface area contributed by atoms with Crippen LogP contribution in [0.4, 0.5) is 0 Å². The van der Waals surface area contributed by atoms with Gasteiger partial charge in [-0.05, 0) is 6.92 Å². The molecule has 0 radical (unpaired) electrons. The molecule has 0 aromatic carbocycles. The van der Waals surface area contributed by atoms with E-state index in [0.717, 1.165) is 30.8 Å². The summed E-state index contributed by atoms with van der Waals surface area (Å²) in [6.07, 6.45) is 3.21. The molecule has 3 rings (SSSR count). The molecule has 1 aliphatic heterocycles. The Morgan fingerprint density at radius 1 is 1.55 bits per heavy atom. The Bertz CT molecular complexity index is 684. The van der Waals surface area contributed by atoms with Crippen molar-refractivity contribution in [2.24, 2.45) is 5.92 Å². The van der Waals surface area contributed by atoms with E-state index in [4.69, 9.17) is 0 Å². The van der Waals surface area contributed by atoms with Gasteiger partial charge in [0.1, 0.15) is 17.3 Å². The largest absolute Gasteiger partial charge is 0.350 e. The molecule has 0 bridgehead atoms. The Balaban J connectivity index is 1.57. The summed E-state index contributed by atoms with van der Waals surface area (Å²) in [5, 5.41) is 10.9. The molecular formula is C12H14N6O2. The number of aryl methyl sites for hydroxylation is 1. The molecule has 1 amide bonds. The first-order chi connectivity index (χ1) is 9.63. The van der Waals surface area contributed by atoms with Crippen molar-refractivity contribution in [3.8, 4) is 0 Å². The summed E-state index contributed by atoms with van der Waals surface area (Å²) in [4.78, 5) is 28.9. The topological polar surface area (TPSA) is 106 Å². The maximum absolute atomic E-state index is 11.9. The van der Waals surface area contributed by atoms with Crippen molar-refractivity contribution in [1.29, 1.82) is 0 Å². The lowest BCUT2D eigenvalue weighted by atomic mass is 10.1. The molecule has 1 unspecified atom stereocenters. The molecule has 2 N–H and O–H groups in total. The fraction of sp³-hybridized carbons (Fsp3) is 0.417. The van der Waals surface area contributed by atoms with Crippen LogP contribution in [0.5, 0.6) is 0 Å². The summed E-state index contributed by atoms with van der Waals surface area (Å²) in [6, 6.07) is 0. The Labute approximate surface area is 114 Å². The highest BCUT2D eigenvalue weighted by atomic mass is 16.2. The number of carbonyl (C=O) groups is 1. The van der Waals surface area contributed by atoms with Crippen molar-refractivity contribution >= 4 is 5.91 Å². The molecule has 0 saturated heterocycles. The highest BCUT2D eigenvalue weighted by molar-refractivity contribution is 5.91. The van der Waals surface area contributed by atoms with Crippen LogP contribution in [0.2, 0.25) is 0 Å². The number of amides is 1. The molecule has 0 fully saturated rings. The van der Waals surface area contributed by atoms with E-state index < -0.39 is 0 Å². The van der Waals surface area contributed by atoms with E-state index in [1.807, 2.05) is 6.92 Å². The van der Waals surface area contributed by atoms with Gasteiger partial charge in [0.05, 0.1) is 6.20 Å². The maximum atomic E-state index is 11.9. The Hall–Kier alpha value is -2.51. The van der Waals surface area contributed by atoms with Crippen LogP contribution in [0.15, 0.2) is 17.2 Å². The van der Waals surface area contributed by atoms with E-state index in [-0.39, 0.29) is 17.2 Å². The molecule has 2 aromatic rings. The third-order valence-electron chi connectivity index (χ3n) is 3.38. The van der Waals surface area contributed by atoms with Crippen LogP contribution in [-0.2, 0) is 13.0 Å². The van der Waals surface area contributed by atoms with E-state index in [0.29, 0.717) is 12.5 Å². The average Bonchev–Trinajstić information content (AvgIpc) is 2.99. The van der Waals surface area contributed by atoms with Crippen LogP contribution in [-0.4, -0.2) is 37.2 Å². The summed E-state index contributed by atoms with van der Waals surface area (Å²) < 4.78 is 2.06. The molecule has 1 atom stereocenters. The van der Waals surface area contributed by atoms with E-state index in [9.17, 15) is 9.59 Å². The lowest BCUT2D eigenvalue weighted by molar-refractivity contribution is 0.0941. The number of rotatable bonds is 3. The normalized spacial score (nSPS) is 16.9. The molecule has 8 nitrogen and oxygen atoms in total. The third kappa shape index (κ3) is 2.31. The SMILES string of the molecule is Cc1nnc2n1CC(CNC(=O)c1c[nH]c(=O)cn1)C2. The van der Waals surface area contributed by atoms with Gasteiger partial charge in [-0.3, -0.25) is 9.59 Å². The fourth-order valence-electron chi connectivity index (χ4n) is 2.32. The number of fused-ring (bicyclic) bond motifs is 1. The average molecular weight is 274 g/mol. The molecule has 8 heteroatoms. The van der Waals surface area contributed by atoms with E-state index in [1.165, 1.54) is 6.20 Å². The van der Waals surface area contributed by atoms with E-state index in [2.05, 4.69) is 30.0 Å². The summed E-state index contributed by atoms with van der Waals surface area (Å²) in [6.45, 7) is 3.28. The molecule has 3 heterocycles. The minimum absolute atomic E-state index is 0.207. The van der Waals surface area contributed by atoms with Gasteiger partial charge in [-0.2, -0.15) is 0 Å².